The summed E-state index contributed by atoms with van der Waals surface area (Å²) in [6.45, 7) is 0. The van der Waals surface area contributed by atoms with Crippen LogP contribution in [0.1, 0.15) is 0 Å². The van der Waals surface area contributed by atoms with E-state index in [1.165, 1.54) is 0 Å². The fraction of sp³-hybridized carbons (Fsp3) is 0. The molecule has 0 aliphatic rings. The molecule has 5 heavy (non-hydrogen) atoms. The van der Waals surface area contributed by atoms with Crippen molar-refractivity contribution in [3.8, 4) is 0 Å². The SMILES string of the molecule is [Cl][V]([Cl])[Cl].[Ti]. The summed E-state index contributed by atoms with van der Waals surface area (Å²) >= 11 is -1.77. The molecule has 0 aliphatic heterocycles. The molecule has 0 rings (SSSR count). The molecule has 0 aliphatic carbocycles. The first-order valence-electron chi connectivity index (χ1n) is 0.507. The topological polar surface area (TPSA) is 0 Å². The number of rotatable bonds is 0. The maximum Gasteiger partial charge on any atom is 0 e. The van der Waals surface area contributed by atoms with Gasteiger partial charge >= 0.3 is 41.8 Å². The quantitative estimate of drug-likeness (QED) is 0.531. The third kappa shape index (κ3) is 22.8. The molecule has 0 spiro atoms. The zero-order chi connectivity index (χ0) is 3.58. The summed E-state index contributed by atoms with van der Waals surface area (Å²) in [5, 5.41) is 0. The van der Waals surface area contributed by atoms with Gasteiger partial charge in [-0.25, -0.2) is 0 Å². The van der Waals surface area contributed by atoms with Gasteiger partial charge in [0, 0.05) is 21.7 Å². The summed E-state index contributed by atoms with van der Waals surface area (Å²) in [5.74, 6) is 0. The molecule has 0 amide bonds. The van der Waals surface area contributed by atoms with Crippen molar-refractivity contribution in [1.29, 1.82) is 0 Å². The van der Waals surface area contributed by atoms with Gasteiger partial charge in [0.15, 0.2) is 0 Å². The van der Waals surface area contributed by atoms with E-state index in [1.54, 1.807) is 0 Å². The van der Waals surface area contributed by atoms with E-state index in [0.717, 1.165) is 0 Å². The third-order valence-corrected chi connectivity index (χ3v) is 0. The molecule has 0 atom stereocenters. The Morgan fingerprint density at radius 2 is 1.00 bits per heavy atom. The Morgan fingerprint density at radius 3 is 1.00 bits per heavy atom. The Morgan fingerprint density at radius 1 is 1.00 bits per heavy atom. The molecule has 0 unspecified atom stereocenters. The molecule has 0 aromatic carbocycles. The molecule has 30 valence electrons. The minimum atomic E-state index is -1.77. The standard InChI is InChI=1S/3ClH.Ti.V/h3*1H;;/q;;;;+3/p-3. The minimum Gasteiger partial charge on any atom is 0 e. The molecule has 0 saturated heterocycles. The van der Waals surface area contributed by atoms with Crippen LogP contribution < -0.4 is 0 Å². The second-order valence-corrected chi connectivity index (χ2v) is 7.11. The van der Waals surface area contributed by atoms with Crippen molar-refractivity contribution in [3.63, 3.8) is 0 Å². The zero-order valence-electron chi connectivity index (χ0n) is 2.08. The van der Waals surface area contributed by atoms with E-state index >= 15 is 0 Å². The molecule has 0 bridgehead atoms. The van der Waals surface area contributed by atoms with E-state index in [1.807, 2.05) is 0 Å². The van der Waals surface area contributed by atoms with Crippen LogP contribution in [-0.2, 0) is 34.0 Å². The predicted molar refractivity (Wildman–Crippen MR) is 17.6 cm³/mol. The van der Waals surface area contributed by atoms with Crippen molar-refractivity contribution >= 4 is 29.5 Å². The van der Waals surface area contributed by atoms with Gasteiger partial charge in [0.1, 0.15) is 0 Å². The maximum atomic E-state index is 4.95. The van der Waals surface area contributed by atoms with Gasteiger partial charge in [-0.05, 0) is 0 Å². The van der Waals surface area contributed by atoms with E-state index < -0.39 is 12.3 Å². The first kappa shape index (κ1) is 10.2. The van der Waals surface area contributed by atoms with E-state index in [4.69, 9.17) is 29.5 Å². The monoisotopic (exact) mass is 204 g/mol. The van der Waals surface area contributed by atoms with Crippen molar-refractivity contribution in [2.45, 2.75) is 0 Å². The Kier molecular flexibility index (Phi) is 12.6. The zero-order valence-corrected chi connectivity index (χ0v) is 7.31. The average molecular weight is 205 g/mol. The van der Waals surface area contributed by atoms with Crippen LogP contribution in [0.5, 0.6) is 0 Å². The van der Waals surface area contributed by atoms with Crippen molar-refractivity contribution in [2.75, 3.05) is 0 Å². The van der Waals surface area contributed by atoms with Crippen LogP contribution >= 0.6 is 29.5 Å². The van der Waals surface area contributed by atoms with Gasteiger partial charge < -0.3 is 0 Å². The summed E-state index contributed by atoms with van der Waals surface area (Å²) in [5.41, 5.74) is 0. The summed E-state index contributed by atoms with van der Waals surface area (Å²) in [4.78, 5) is 0. The molecule has 0 aromatic heterocycles. The molecule has 0 radical (unpaired) electrons. The summed E-state index contributed by atoms with van der Waals surface area (Å²) in [6, 6.07) is 0. The third-order valence-electron chi connectivity index (χ3n) is 0. The van der Waals surface area contributed by atoms with Gasteiger partial charge in [-0.1, -0.05) is 0 Å². The maximum absolute atomic E-state index is 4.95. The largest absolute Gasteiger partial charge is 0 e. The molecule has 0 aromatic rings. The fourth-order valence-electron chi connectivity index (χ4n) is 0. The molecule has 0 fully saturated rings. The van der Waals surface area contributed by atoms with E-state index in [2.05, 4.69) is 0 Å². The number of hydrogen-bond acceptors (Lipinski definition) is 0. The van der Waals surface area contributed by atoms with Crippen LogP contribution in [0.15, 0.2) is 0 Å². The molecule has 0 nitrogen and oxygen atoms in total. The average Bonchev–Trinajstić information content (AvgIpc) is 0.811. The van der Waals surface area contributed by atoms with E-state index in [0.29, 0.717) is 0 Å². The smallest absolute Gasteiger partial charge is 0 e. The van der Waals surface area contributed by atoms with Crippen LogP contribution in [0, 0.1) is 0 Å². The van der Waals surface area contributed by atoms with Gasteiger partial charge in [0.25, 0.3) is 0 Å². The first-order chi connectivity index (χ1) is 1.73. The van der Waals surface area contributed by atoms with Crippen molar-refractivity contribution in [2.24, 2.45) is 0 Å². The van der Waals surface area contributed by atoms with Gasteiger partial charge in [0.2, 0.25) is 0 Å². The number of hydrogen-bond donors (Lipinski definition) is 0. The second-order valence-electron chi connectivity index (χ2n) is 0.192. The Labute approximate surface area is 62.9 Å². The minimum absolute atomic E-state index is 0. The Balaban J connectivity index is 0. The summed E-state index contributed by atoms with van der Waals surface area (Å²) in [7, 11) is 14.9. The number of halogens is 3. The van der Waals surface area contributed by atoms with Crippen LogP contribution in [0.2, 0.25) is 0 Å². The molecular weight excluding hydrogens is 205 g/mol. The molecule has 5 heteroatoms. The molecular formula is Cl3TiV. The van der Waals surface area contributed by atoms with Gasteiger partial charge in [-0.3, -0.25) is 0 Å². The van der Waals surface area contributed by atoms with Gasteiger partial charge in [-0.2, -0.15) is 0 Å². The second kappa shape index (κ2) is 6.17. The van der Waals surface area contributed by atoms with E-state index in [-0.39, 0.29) is 21.7 Å². The van der Waals surface area contributed by atoms with E-state index in [9.17, 15) is 0 Å². The Hall–Kier alpha value is 2.17. The normalized spacial score (nSPS) is 7.20. The molecule has 0 saturated carbocycles. The van der Waals surface area contributed by atoms with Crippen molar-refractivity contribution in [3.05, 3.63) is 0 Å². The van der Waals surface area contributed by atoms with Crippen molar-refractivity contribution < 1.29 is 34.0 Å². The molecule has 0 N–H and O–H groups in total. The first-order valence-corrected chi connectivity index (χ1v) is 6.27. The summed E-state index contributed by atoms with van der Waals surface area (Å²) < 4.78 is 0. The van der Waals surface area contributed by atoms with Crippen molar-refractivity contribution in [1.82, 2.24) is 0 Å². The fourth-order valence-corrected chi connectivity index (χ4v) is 0. The van der Waals surface area contributed by atoms with Crippen LogP contribution in [0.25, 0.3) is 0 Å². The van der Waals surface area contributed by atoms with Crippen LogP contribution in [0.3, 0.4) is 0 Å². The predicted octanol–water partition coefficient (Wildman–Crippen LogP) is 2.06. The van der Waals surface area contributed by atoms with Crippen LogP contribution in [-0.4, -0.2) is 0 Å². The van der Waals surface area contributed by atoms with Gasteiger partial charge in [-0.15, -0.1) is 0 Å². The summed E-state index contributed by atoms with van der Waals surface area (Å²) in [6.07, 6.45) is 0. The molecule has 0 heterocycles. The van der Waals surface area contributed by atoms with Crippen LogP contribution in [0.4, 0.5) is 0 Å². The van der Waals surface area contributed by atoms with Gasteiger partial charge in [0.05, 0.1) is 0 Å². The Bertz CT molecular complexity index is 11.6.